The Morgan fingerprint density at radius 3 is 2.72 bits per heavy atom. The van der Waals surface area contributed by atoms with Crippen LogP contribution in [0.25, 0.3) is 0 Å². The first-order valence-corrected chi connectivity index (χ1v) is 6.17. The molecular weight excluding hydrogens is 234 g/mol. The van der Waals surface area contributed by atoms with E-state index in [1.54, 1.807) is 13.0 Å². The van der Waals surface area contributed by atoms with Crippen LogP contribution in [0.1, 0.15) is 31.2 Å². The van der Waals surface area contributed by atoms with Crippen LogP contribution in [0.5, 0.6) is 5.75 Å². The van der Waals surface area contributed by atoms with E-state index in [0.717, 1.165) is 31.2 Å². The maximum Gasteiger partial charge on any atom is 0.269 e. The second-order valence-corrected chi connectivity index (χ2v) is 4.72. The lowest BCUT2D eigenvalue weighted by Gasteiger charge is -2.28. The van der Waals surface area contributed by atoms with Crippen LogP contribution in [0.4, 0.5) is 5.69 Å². The van der Waals surface area contributed by atoms with Crippen LogP contribution in [0.15, 0.2) is 18.2 Å². The number of nitro groups is 1. The van der Waals surface area contributed by atoms with E-state index in [2.05, 4.69) is 0 Å². The minimum Gasteiger partial charge on any atom is -0.487 e. The molecule has 0 amide bonds. The van der Waals surface area contributed by atoms with E-state index in [1.165, 1.54) is 12.1 Å². The molecule has 1 saturated carbocycles. The zero-order valence-corrected chi connectivity index (χ0v) is 10.3. The molecule has 2 rings (SSSR count). The van der Waals surface area contributed by atoms with E-state index in [0.29, 0.717) is 5.75 Å². The molecule has 0 aromatic heterocycles. The minimum atomic E-state index is -0.437. The molecule has 18 heavy (non-hydrogen) atoms. The number of hydrogen-bond acceptors (Lipinski definition) is 4. The monoisotopic (exact) mass is 251 g/mol. The number of aliphatic hydroxyl groups is 1. The Labute approximate surface area is 106 Å². The molecule has 1 aromatic carbocycles. The SMILES string of the molecule is Cc1cc([N+](=O)[O-])ccc1O[C@@H]1CCCC[C@H]1O. The quantitative estimate of drug-likeness (QED) is 0.662. The van der Waals surface area contributed by atoms with Gasteiger partial charge in [0.15, 0.2) is 0 Å². The summed E-state index contributed by atoms with van der Waals surface area (Å²) in [6, 6.07) is 4.52. The number of aryl methyl sites for hydroxylation is 1. The number of hydrogen-bond donors (Lipinski definition) is 1. The summed E-state index contributed by atoms with van der Waals surface area (Å²) >= 11 is 0. The van der Waals surface area contributed by atoms with Gasteiger partial charge >= 0.3 is 0 Å². The minimum absolute atomic E-state index is 0.0593. The molecular formula is C13H17NO4. The molecule has 1 N–H and O–H groups in total. The van der Waals surface area contributed by atoms with Crippen LogP contribution in [0.3, 0.4) is 0 Å². The van der Waals surface area contributed by atoms with Gasteiger partial charge in [0, 0.05) is 12.1 Å². The summed E-state index contributed by atoms with van der Waals surface area (Å²) in [4.78, 5) is 10.2. The number of ether oxygens (including phenoxy) is 1. The molecule has 0 bridgehead atoms. The molecule has 98 valence electrons. The summed E-state index contributed by atoms with van der Waals surface area (Å²) in [6.45, 7) is 1.78. The third kappa shape index (κ3) is 2.79. The molecule has 1 aliphatic carbocycles. The molecule has 0 radical (unpaired) electrons. The molecule has 1 aliphatic rings. The second kappa shape index (κ2) is 5.35. The average Bonchev–Trinajstić information content (AvgIpc) is 2.34. The fourth-order valence-electron chi connectivity index (χ4n) is 2.26. The molecule has 1 aromatic rings. The number of benzene rings is 1. The van der Waals surface area contributed by atoms with E-state index in [1.807, 2.05) is 0 Å². The van der Waals surface area contributed by atoms with Crippen LogP contribution in [-0.2, 0) is 0 Å². The Hall–Kier alpha value is -1.62. The molecule has 0 heterocycles. The van der Waals surface area contributed by atoms with Gasteiger partial charge in [-0.1, -0.05) is 6.42 Å². The topological polar surface area (TPSA) is 72.6 Å². The van der Waals surface area contributed by atoms with Crippen LogP contribution in [0.2, 0.25) is 0 Å². The average molecular weight is 251 g/mol. The normalized spacial score (nSPS) is 23.7. The highest BCUT2D eigenvalue weighted by Gasteiger charge is 2.25. The van der Waals surface area contributed by atoms with Gasteiger partial charge in [0.2, 0.25) is 0 Å². The van der Waals surface area contributed by atoms with Crippen LogP contribution in [-0.4, -0.2) is 22.2 Å². The Balaban J connectivity index is 2.11. The van der Waals surface area contributed by atoms with Crippen molar-refractivity contribution in [3.05, 3.63) is 33.9 Å². The number of nitrogens with zero attached hydrogens (tertiary/aromatic N) is 1. The second-order valence-electron chi connectivity index (χ2n) is 4.72. The summed E-state index contributed by atoms with van der Waals surface area (Å²) in [7, 11) is 0. The van der Waals surface area contributed by atoms with Crippen LogP contribution >= 0.6 is 0 Å². The Kier molecular flexibility index (Phi) is 3.81. The van der Waals surface area contributed by atoms with Crippen molar-refractivity contribution in [3.8, 4) is 5.75 Å². The summed E-state index contributed by atoms with van der Waals surface area (Å²) in [5.41, 5.74) is 0.783. The van der Waals surface area contributed by atoms with Crippen LogP contribution < -0.4 is 4.74 Å². The van der Waals surface area contributed by atoms with Gasteiger partial charge in [-0.05, 0) is 37.8 Å². The largest absolute Gasteiger partial charge is 0.487 e. The van der Waals surface area contributed by atoms with E-state index < -0.39 is 11.0 Å². The molecule has 5 heteroatoms. The van der Waals surface area contributed by atoms with Gasteiger partial charge in [0.05, 0.1) is 11.0 Å². The van der Waals surface area contributed by atoms with Crippen molar-refractivity contribution in [3.63, 3.8) is 0 Å². The molecule has 0 unspecified atom stereocenters. The van der Waals surface area contributed by atoms with Crippen molar-refractivity contribution >= 4 is 5.69 Å². The number of rotatable bonds is 3. The van der Waals surface area contributed by atoms with Gasteiger partial charge in [-0.15, -0.1) is 0 Å². The molecule has 5 nitrogen and oxygen atoms in total. The van der Waals surface area contributed by atoms with Crippen molar-refractivity contribution in [2.45, 2.75) is 44.8 Å². The van der Waals surface area contributed by atoms with Gasteiger partial charge in [-0.2, -0.15) is 0 Å². The van der Waals surface area contributed by atoms with Crippen molar-refractivity contribution in [2.24, 2.45) is 0 Å². The third-order valence-corrected chi connectivity index (χ3v) is 3.32. The van der Waals surface area contributed by atoms with Crippen molar-refractivity contribution in [2.75, 3.05) is 0 Å². The molecule has 0 saturated heterocycles. The zero-order chi connectivity index (χ0) is 13.1. The number of nitro benzene ring substituents is 1. The molecule has 0 spiro atoms. The Morgan fingerprint density at radius 1 is 1.39 bits per heavy atom. The summed E-state index contributed by atoms with van der Waals surface area (Å²) in [6.07, 6.45) is 3.04. The van der Waals surface area contributed by atoms with Crippen molar-refractivity contribution < 1.29 is 14.8 Å². The predicted octanol–water partition coefficient (Wildman–Crippen LogP) is 2.59. The first-order chi connectivity index (χ1) is 8.58. The number of aliphatic hydroxyl groups excluding tert-OH is 1. The summed E-state index contributed by atoms with van der Waals surface area (Å²) in [5.74, 6) is 0.617. The first-order valence-electron chi connectivity index (χ1n) is 6.17. The number of non-ortho nitro benzene ring substituents is 1. The lowest BCUT2D eigenvalue weighted by molar-refractivity contribution is -0.384. The maximum atomic E-state index is 10.6. The Morgan fingerprint density at radius 2 is 2.11 bits per heavy atom. The predicted molar refractivity (Wildman–Crippen MR) is 66.7 cm³/mol. The van der Waals surface area contributed by atoms with Crippen molar-refractivity contribution in [1.82, 2.24) is 0 Å². The van der Waals surface area contributed by atoms with Crippen LogP contribution in [0, 0.1) is 17.0 Å². The van der Waals surface area contributed by atoms with Crippen molar-refractivity contribution in [1.29, 1.82) is 0 Å². The standard InChI is InChI=1S/C13H17NO4/c1-9-8-10(14(16)17)6-7-12(9)18-13-5-3-2-4-11(13)15/h6-8,11,13,15H,2-5H2,1H3/t11-,13-/m1/s1. The highest BCUT2D eigenvalue weighted by atomic mass is 16.6. The zero-order valence-electron chi connectivity index (χ0n) is 10.3. The van der Waals surface area contributed by atoms with Gasteiger partial charge in [-0.3, -0.25) is 10.1 Å². The molecule has 1 fully saturated rings. The van der Waals surface area contributed by atoms with Gasteiger partial charge < -0.3 is 9.84 Å². The van der Waals surface area contributed by atoms with Gasteiger partial charge in [-0.25, -0.2) is 0 Å². The van der Waals surface area contributed by atoms with Gasteiger partial charge in [0.1, 0.15) is 11.9 Å². The fourth-order valence-corrected chi connectivity index (χ4v) is 2.26. The highest BCUT2D eigenvalue weighted by molar-refractivity contribution is 5.43. The lowest BCUT2D eigenvalue weighted by Crippen LogP contribution is -2.34. The van der Waals surface area contributed by atoms with E-state index in [4.69, 9.17) is 4.74 Å². The molecule has 2 atom stereocenters. The van der Waals surface area contributed by atoms with Gasteiger partial charge in [0.25, 0.3) is 5.69 Å². The summed E-state index contributed by atoms with van der Waals surface area (Å²) in [5, 5.41) is 20.5. The van der Waals surface area contributed by atoms with E-state index >= 15 is 0 Å². The maximum absolute atomic E-state index is 10.6. The first kappa shape index (κ1) is 12.8. The third-order valence-electron chi connectivity index (χ3n) is 3.32. The lowest BCUT2D eigenvalue weighted by atomic mass is 9.95. The highest BCUT2D eigenvalue weighted by Crippen LogP contribution is 2.28. The Bertz CT molecular complexity index is 447. The molecule has 0 aliphatic heterocycles. The van der Waals surface area contributed by atoms with E-state index in [-0.39, 0.29) is 11.8 Å². The summed E-state index contributed by atoms with van der Waals surface area (Å²) < 4.78 is 5.76. The smallest absolute Gasteiger partial charge is 0.269 e. The van der Waals surface area contributed by atoms with E-state index in [9.17, 15) is 15.2 Å². The fraction of sp³-hybridized carbons (Fsp3) is 0.538.